The third-order valence-corrected chi connectivity index (χ3v) is 3.29. The largest absolute Gasteiger partial charge is 0.444 e. The number of ether oxygens (including phenoxy) is 2. The zero-order chi connectivity index (χ0) is 20.8. The predicted molar refractivity (Wildman–Crippen MR) is 104 cm³/mol. The molecule has 0 unspecified atom stereocenters. The van der Waals surface area contributed by atoms with Gasteiger partial charge < -0.3 is 9.47 Å². The molecule has 0 atom stereocenters. The van der Waals surface area contributed by atoms with Crippen LogP contribution in [0.5, 0.6) is 0 Å². The second kappa shape index (κ2) is 9.16. The molecule has 2 amide bonds. The SMILES string of the molecule is CC(C)(C)OC(=O)NC(=NCc1cccc(Br)c1F)NC(=O)OC(C)(C)C. The van der Waals surface area contributed by atoms with Crippen LogP contribution in [0.4, 0.5) is 14.0 Å². The van der Waals surface area contributed by atoms with Crippen molar-refractivity contribution in [1.82, 2.24) is 10.6 Å². The van der Waals surface area contributed by atoms with E-state index in [1.165, 1.54) is 0 Å². The van der Waals surface area contributed by atoms with Crippen LogP contribution in [0.1, 0.15) is 47.1 Å². The van der Waals surface area contributed by atoms with E-state index in [4.69, 9.17) is 9.47 Å². The first-order valence-electron chi connectivity index (χ1n) is 8.24. The van der Waals surface area contributed by atoms with Crippen LogP contribution >= 0.6 is 15.9 Å². The molecule has 0 radical (unpaired) electrons. The maximum Gasteiger partial charge on any atom is 0.414 e. The first-order valence-corrected chi connectivity index (χ1v) is 9.03. The van der Waals surface area contributed by atoms with E-state index in [-0.39, 0.29) is 22.5 Å². The van der Waals surface area contributed by atoms with Crippen molar-refractivity contribution in [1.29, 1.82) is 0 Å². The number of alkyl carbamates (subject to hydrolysis) is 2. The molecule has 9 heteroatoms. The van der Waals surface area contributed by atoms with Gasteiger partial charge in [0.15, 0.2) is 0 Å². The molecule has 2 N–H and O–H groups in total. The number of aliphatic imine (C=N–C) groups is 1. The fraction of sp³-hybridized carbons (Fsp3) is 0.500. The second-order valence-corrected chi connectivity index (χ2v) is 8.49. The topological polar surface area (TPSA) is 89.0 Å². The molecule has 1 rings (SSSR count). The molecule has 1 aromatic carbocycles. The molecule has 0 saturated heterocycles. The monoisotopic (exact) mass is 445 g/mol. The highest BCUT2D eigenvalue weighted by Gasteiger charge is 2.21. The maximum atomic E-state index is 14.1. The second-order valence-electron chi connectivity index (χ2n) is 7.63. The highest BCUT2D eigenvalue weighted by molar-refractivity contribution is 9.10. The van der Waals surface area contributed by atoms with Crippen LogP contribution in [0.3, 0.4) is 0 Å². The summed E-state index contributed by atoms with van der Waals surface area (Å²) in [6.45, 7) is 10.1. The Morgan fingerprint density at radius 3 is 1.96 bits per heavy atom. The minimum Gasteiger partial charge on any atom is -0.444 e. The van der Waals surface area contributed by atoms with Gasteiger partial charge in [-0.15, -0.1) is 0 Å². The zero-order valence-electron chi connectivity index (χ0n) is 16.3. The Hall–Kier alpha value is -2.16. The van der Waals surface area contributed by atoms with Gasteiger partial charge in [0.25, 0.3) is 0 Å². The molecule has 0 aliphatic heterocycles. The summed E-state index contributed by atoms with van der Waals surface area (Å²) >= 11 is 3.10. The van der Waals surface area contributed by atoms with Gasteiger partial charge in [0.05, 0.1) is 11.0 Å². The van der Waals surface area contributed by atoms with Gasteiger partial charge in [-0.05, 0) is 63.5 Å². The standard InChI is InChI=1S/C18H25BrFN3O4/c1-17(2,3)26-15(24)22-14(23-16(25)27-18(4,5)6)21-10-11-8-7-9-12(19)13(11)20/h7-9H,10H2,1-6H3,(H2,21,22,23,24,25). The van der Waals surface area contributed by atoms with E-state index >= 15 is 0 Å². The number of benzene rings is 1. The van der Waals surface area contributed by atoms with Crippen molar-refractivity contribution in [2.24, 2.45) is 4.99 Å². The smallest absolute Gasteiger partial charge is 0.414 e. The van der Waals surface area contributed by atoms with E-state index in [0.29, 0.717) is 0 Å². The van der Waals surface area contributed by atoms with Crippen LogP contribution in [0, 0.1) is 5.82 Å². The molecular formula is C18H25BrFN3O4. The summed E-state index contributed by atoms with van der Waals surface area (Å²) in [4.78, 5) is 28.0. The van der Waals surface area contributed by atoms with Crippen molar-refractivity contribution >= 4 is 34.1 Å². The van der Waals surface area contributed by atoms with Gasteiger partial charge in [-0.3, -0.25) is 10.6 Å². The molecule has 0 fully saturated rings. The molecule has 7 nitrogen and oxygen atoms in total. The molecule has 0 saturated carbocycles. The average molecular weight is 446 g/mol. The minimum atomic E-state index is -0.813. The Kier molecular flexibility index (Phi) is 7.77. The van der Waals surface area contributed by atoms with Crippen LogP contribution in [0.15, 0.2) is 27.7 Å². The third kappa shape index (κ3) is 9.37. The summed E-state index contributed by atoms with van der Waals surface area (Å²) in [6, 6.07) is 4.75. The van der Waals surface area contributed by atoms with E-state index in [2.05, 4.69) is 31.6 Å². The van der Waals surface area contributed by atoms with E-state index in [9.17, 15) is 14.0 Å². The molecule has 0 heterocycles. The number of hydrogen-bond donors (Lipinski definition) is 2. The molecule has 150 valence electrons. The van der Waals surface area contributed by atoms with E-state index in [1.807, 2.05) is 0 Å². The zero-order valence-corrected chi connectivity index (χ0v) is 17.9. The molecule has 0 bridgehead atoms. The molecule has 0 aliphatic rings. The number of nitrogens with one attached hydrogen (secondary N) is 2. The van der Waals surface area contributed by atoms with Crippen molar-refractivity contribution in [3.8, 4) is 0 Å². The van der Waals surface area contributed by atoms with Gasteiger partial charge in [0.1, 0.15) is 17.0 Å². The molecule has 0 aromatic heterocycles. The van der Waals surface area contributed by atoms with Crippen molar-refractivity contribution in [2.75, 3.05) is 0 Å². The highest BCUT2D eigenvalue weighted by atomic mass is 79.9. The summed E-state index contributed by atoms with van der Waals surface area (Å²) < 4.78 is 24.7. The summed E-state index contributed by atoms with van der Waals surface area (Å²) in [5, 5.41) is 4.67. The van der Waals surface area contributed by atoms with Gasteiger partial charge in [0.2, 0.25) is 5.96 Å². The van der Waals surface area contributed by atoms with Crippen LogP contribution in [0.25, 0.3) is 0 Å². The van der Waals surface area contributed by atoms with E-state index in [1.54, 1.807) is 59.7 Å². The van der Waals surface area contributed by atoms with E-state index in [0.717, 1.165) is 0 Å². The molecule has 27 heavy (non-hydrogen) atoms. The van der Waals surface area contributed by atoms with Crippen molar-refractivity contribution in [3.63, 3.8) is 0 Å². The summed E-state index contributed by atoms with van der Waals surface area (Å²) in [6.07, 6.45) is -1.63. The number of rotatable bonds is 2. The normalized spacial score (nSPS) is 11.4. The summed E-state index contributed by atoms with van der Waals surface area (Å²) in [5.74, 6) is -0.687. The van der Waals surface area contributed by atoms with Crippen molar-refractivity contribution in [2.45, 2.75) is 59.3 Å². The predicted octanol–water partition coefficient (Wildman–Crippen LogP) is 4.49. The Morgan fingerprint density at radius 1 is 1.04 bits per heavy atom. The molecular weight excluding hydrogens is 421 g/mol. The quantitative estimate of drug-likeness (QED) is 0.518. The van der Waals surface area contributed by atoms with Gasteiger partial charge in [-0.2, -0.15) is 0 Å². The molecule has 0 spiro atoms. The molecule has 1 aromatic rings. The number of hydrogen-bond acceptors (Lipinski definition) is 5. The lowest BCUT2D eigenvalue weighted by atomic mass is 10.2. The van der Waals surface area contributed by atoms with Gasteiger partial charge in [0, 0.05) is 5.56 Å². The van der Waals surface area contributed by atoms with Crippen molar-refractivity contribution < 1.29 is 23.5 Å². The average Bonchev–Trinajstić information content (AvgIpc) is 2.44. The van der Waals surface area contributed by atoms with Crippen LogP contribution < -0.4 is 10.6 Å². The Bertz CT molecular complexity index is 692. The number of halogens is 2. The highest BCUT2D eigenvalue weighted by Crippen LogP contribution is 2.19. The van der Waals surface area contributed by atoms with Gasteiger partial charge in [-0.25, -0.2) is 19.0 Å². The van der Waals surface area contributed by atoms with Crippen LogP contribution in [-0.4, -0.2) is 29.3 Å². The molecule has 0 aliphatic carbocycles. The fourth-order valence-corrected chi connectivity index (χ4v) is 2.15. The van der Waals surface area contributed by atoms with E-state index < -0.39 is 29.2 Å². The number of carbonyl (C=O) groups is 2. The lowest BCUT2D eigenvalue weighted by molar-refractivity contribution is 0.0545. The number of guanidine groups is 1. The third-order valence-electron chi connectivity index (χ3n) is 2.68. The maximum absolute atomic E-state index is 14.1. The number of amides is 2. The van der Waals surface area contributed by atoms with Crippen LogP contribution in [-0.2, 0) is 16.0 Å². The lowest BCUT2D eigenvalue weighted by Gasteiger charge is -2.22. The summed E-state index contributed by atoms with van der Waals surface area (Å²) in [7, 11) is 0. The van der Waals surface area contributed by atoms with Crippen molar-refractivity contribution in [3.05, 3.63) is 34.1 Å². The fourth-order valence-electron chi connectivity index (χ4n) is 1.75. The first kappa shape index (κ1) is 22.9. The first-order chi connectivity index (χ1) is 12.3. The summed E-state index contributed by atoms with van der Waals surface area (Å²) in [5.41, 5.74) is -1.20. The Labute approximate surface area is 166 Å². The Balaban J connectivity index is 2.96. The number of carbonyl (C=O) groups excluding carboxylic acids is 2. The van der Waals surface area contributed by atoms with Gasteiger partial charge >= 0.3 is 12.2 Å². The number of nitrogens with zero attached hydrogens (tertiary/aromatic N) is 1. The Morgan fingerprint density at radius 2 is 1.52 bits per heavy atom. The minimum absolute atomic E-state index is 0.119. The van der Waals surface area contributed by atoms with Crippen LogP contribution in [0.2, 0.25) is 0 Å². The van der Waals surface area contributed by atoms with Gasteiger partial charge in [-0.1, -0.05) is 12.1 Å². The lowest BCUT2D eigenvalue weighted by Crippen LogP contribution is -2.47.